The molecule has 0 radical (unpaired) electrons. The van der Waals surface area contributed by atoms with E-state index < -0.39 is 0 Å². The van der Waals surface area contributed by atoms with E-state index in [0.29, 0.717) is 0 Å². The molecule has 0 saturated heterocycles. The molecule has 0 atom stereocenters. The summed E-state index contributed by atoms with van der Waals surface area (Å²) >= 11 is 0. The van der Waals surface area contributed by atoms with Crippen molar-refractivity contribution in [3.05, 3.63) is 29.6 Å². The van der Waals surface area contributed by atoms with Crippen molar-refractivity contribution >= 4 is 11.0 Å². The third-order valence-electron chi connectivity index (χ3n) is 3.70. The van der Waals surface area contributed by atoms with Crippen LogP contribution in [0.25, 0.3) is 11.0 Å². The minimum atomic E-state index is 0.123. The largest absolute Gasteiger partial charge is 0.324 e. The van der Waals surface area contributed by atoms with Gasteiger partial charge in [0.25, 0.3) is 0 Å². The molecule has 3 rings (SSSR count). The first-order chi connectivity index (χ1) is 8.09. The van der Waals surface area contributed by atoms with Crippen LogP contribution in [0.3, 0.4) is 0 Å². The third kappa shape index (κ3) is 1.58. The highest BCUT2D eigenvalue weighted by Crippen LogP contribution is 2.34. The molecular formula is C15H20N2. The monoisotopic (exact) mass is 228 g/mol. The number of hydrogen-bond donors (Lipinski definition) is 0. The van der Waals surface area contributed by atoms with Crippen molar-refractivity contribution in [2.24, 2.45) is 0 Å². The Kier molecular flexibility index (Phi) is 2.29. The molecule has 2 nitrogen and oxygen atoms in total. The molecule has 0 amide bonds. The Morgan fingerprint density at radius 2 is 1.94 bits per heavy atom. The summed E-state index contributed by atoms with van der Waals surface area (Å²) in [5.41, 5.74) is 4.37. The van der Waals surface area contributed by atoms with Crippen molar-refractivity contribution in [2.75, 3.05) is 0 Å². The summed E-state index contributed by atoms with van der Waals surface area (Å²) in [6.07, 6.45) is 6.99. The lowest BCUT2D eigenvalue weighted by atomic mass is 9.95. The van der Waals surface area contributed by atoms with Gasteiger partial charge in [-0.1, -0.05) is 0 Å². The Balaban J connectivity index is 2.39. The van der Waals surface area contributed by atoms with E-state index in [2.05, 4.69) is 42.5 Å². The molecule has 17 heavy (non-hydrogen) atoms. The van der Waals surface area contributed by atoms with Crippen molar-refractivity contribution in [3.8, 4) is 0 Å². The van der Waals surface area contributed by atoms with E-state index in [1.165, 1.54) is 42.4 Å². The Labute approximate surface area is 103 Å². The third-order valence-corrected chi connectivity index (χ3v) is 3.70. The van der Waals surface area contributed by atoms with Gasteiger partial charge in [0.2, 0.25) is 0 Å². The Morgan fingerprint density at radius 3 is 2.71 bits per heavy atom. The second-order valence-electron chi connectivity index (χ2n) is 6.01. The molecule has 0 unspecified atom stereocenters. The number of aryl methyl sites for hydroxylation is 1. The maximum Gasteiger partial charge on any atom is 0.140 e. The Morgan fingerprint density at radius 1 is 1.18 bits per heavy atom. The van der Waals surface area contributed by atoms with Crippen LogP contribution in [0.2, 0.25) is 0 Å². The number of rotatable bonds is 0. The van der Waals surface area contributed by atoms with Crippen LogP contribution < -0.4 is 0 Å². The first-order valence-electron chi connectivity index (χ1n) is 6.57. The van der Waals surface area contributed by atoms with Gasteiger partial charge in [0, 0.05) is 22.8 Å². The van der Waals surface area contributed by atoms with Crippen LogP contribution in [0.5, 0.6) is 0 Å². The molecule has 2 heterocycles. The van der Waals surface area contributed by atoms with Gasteiger partial charge < -0.3 is 4.57 Å². The molecular weight excluding hydrogens is 208 g/mol. The molecule has 0 bridgehead atoms. The molecule has 0 N–H and O–H groups in total. The molecule has 0 aliphatic heterocycles. The zero-order chi connectivity index (χ0) is 12.0. The highest BCUT2D eigenvalue weighted by atomic mass is 15.1. The van der Waals surface area contributed by atoms with E-state index in [-0.39, 0.29) is 5.54 Å². The van der Waals surface area contributed by atoms with Crippen LogP contribution in [0.4, 0.5) is 0 Å². The maximum atomic E-state index is 4.62. The summed E-state index contributed by atoms with van der Waals surface area (Å²) < 4.78 is 2.46. The van der Waals surface area contributed by atoms with Crippen molar-refractivity contribution < 1.29 is 0 Å². The minimum Gasteiger partial charge on any atom is -0.324 e. The lowest BCUT2D eigenvalue weighted by Gasteiger charge is -2.27. The van der Waals surface area contributed by atoms with Crippen molar-refractivity contribution in [1.29, 1.82) is 0 Å². The SMILES string of the molecule is CC(C)(C)n1c2c(c3cccnc31)CCCC2. The Hall–Kier alpha value is -1.31. The average Bonchev–Trinajstić information content (AvgIpc) is 2.63. The van der Waals surface area contributed by atoms with Crippen molar-refractivity contribution in [1.82, 2.24) is 9.55 Å². The first kappa shape index (κ1) is 10.8. The molecule has 1 aliphatic rings. The second kappa shape index (κ2) is 3.59. The lowest BCUT2D eigenvalue weighted by Crippen LogP contribution is -2.25. The van der Waals surface area contributed by atoms with Crippen LogP contribution in [-0.2, 0) is 18.4 Å². The molecule has 90 valence electrons. The van der Waals surface area contributed by atoms with E-state index in [9.17, 15) is 0 Å². The highest BCUT2D eigenvalue weighted by molar-refractivity contribution is 5.82. The van der Waals surface area contributed by atoms with Crippen LogP contribution in [0.1, 0.15) is 44.9 Å². The molecule has 2 aromatic rings. The van der Waals surface area contributed by atoms with Crippen LogP contribution >= 0.6 is 0 Å². The summed E-state index contributed by atoms with van der Waals surface area (Å²) in [7, 11) is 0. The lowest BCUT2D eigenvalue weighted by molar-refractivity contribution is 0.389. The average molecular weight is 228 g/mol. The van der Waals surface area contributed by atoms with Gasteiger partial charge in [-0.05, 0) is 64.2 Å². The van der Waals surface area contributed by atoms with Gasteiger partial charge in [-0.2, -0.15) is 0 Å². The number of nitrogens with zero attached hydrogens (tertiary/aromatic N) is 2. The molecule has 0 fully saturated rings. The summed E-state index contributed by atoms with van der Waals surface area (Å²) in [5, 5.41) is 1.37. The summed E-state index contributed by atoms with van der Waals surface area (Å²) in [5.74, 6) is 0. The van der Waals surface area contributed by atoms with Gasteiger partial charge in [-0.3, -0.25) is 0 Å². The summed E-state index contributed by atoms with van der Waals surface area (Å²) in [6.45, 7) is 6.82. The fraction of sp³-hybridized carbons (Fsp3) is 0.533. The fourth-order valence-corrected chi connectivity index (χ4v) is 3.09. The predicted octanol–water partition coefficient (Wildman–Crippen LogP) is 3.67. The predicted molar refractivity (Wildman–Crippen MR) is 71.4 cm³/mol. The van der Waals surface area contributed by atoms with E-state index in [1.54, 1.807) is 5.56 Å². The highest BCUT2D eigenvalue weighted by Gasteiger charge is 2.26. The molecule has 2 heteroatoms. The van der Waals surface area contributed by atoms with E-state index in [0.717, 1.165) is 0 Å². The summed E-state index contributed by atoms with van der Waals surface area (Å²) in [4.78, 5) is 4.62. The normalized spacial score (nSPS) is 16.2. The van der Waals surface area contributed by atoms with Crippen LogP contribution in [0, 0.1) is 0 Å². The standard InChI is InChI=1S/C15H20N2/c1-15(2,3)17-13-9-5-4-7-11(13)12-8-6-10-16-14(12)17/h6,8,10H,4-5,7,9H2,1-3H3. The number of hydrogen-bond acceptors (Lipinski definition) is 1. The molecule has 0 spiro atoms. The summed E-state index contributed by atoms with van der Waals surface area (Å²) in [6, 6.07) is 4.29. The van der Waals surface area contributed by atoms with Crippen LogP contribution in [0.15, 0.2) is 18.3 Å². The van der Waals surface area contributed by atoms with E-state index in [1.807, 2.05) is 6.20 Å². The van der Waals surface area contributed by atoms with Gasteiger partial charge >= 0.3 is 0 Å². The van der Waals surface area contributed by atoms with E-state index >= 15 is 0 Å². The number of pyridine rings is 1. The van der Waals surface area contributed by atoms with Gasteiger partial charge in [0.15, 0.2) is 0 Å². The van der Waals surface area contributed by atoms with Crippen LogP contribution in [-0.4, -0.2) is 9.55 Å². The maximum absolute atomic E-state index is 4.62. The van der Waals surface area contributed by atoms with E-state index in [4.69, 9.17) is 0 Å². The molecule has 1 aliphatic carbocycles. The van der Waals surface area contributed by atoms with Crippen molar-refractivity contribution in [3.63, 3.8) is 0 Å². The minimum absolute atomic E-state index is 0.123. The number of aromatic nitrogens is 2. The molecule has 0 aromatic carbocycles. The number of fused-ring (bicyclic) bond motifs is 3. The molecule has 0 saturated carbocycles. The van der Waals surface area contributed by atoms with Crippen molar-refractivity contribution in [2.45, 2.75) is 52.0 Å². The Bertz CT molecular complexity index is 558. The second-order valence-corrected chi connectivity index (χ2v) is 6.01. The fourth-order valence-electron chi connectivity index (χ4n) is 3.09. The zero-order valence-corrected chi connectivity index (χ0v) is 11.0. The van der Waals surface area contributed by atoms with Gasteiger partial charge in [-0.25, -0.2) is 4.98 Å². The topological polar surface area (TPSA) is 17.8 Å². The van der Waals surface area contributed by atoms with Gasteiger partial charge in [-0.15, -0.1) is 0 Å². The van der Waals surface area contributed by atoms with Gasteiger partial charge in [0.1, 0.15) is 5.65 Å². The first-order valence-corrected chi connectivity index (χ1v) is 6.57. The quantitative estimate of drug-likeness (QED) is 0.672. The zero-order valence-electron chi connectivity index (χ0n) is 11.0. The smallest absolute Gasteiger partial charge is 0.140 e. The molecule has 2 aromatic heterocycles. The van der Waals surface area contributed by atoms with Gasteiger partial charge in [0.05, 0.1) is 0 Å².